The number of piperazine rings is 1. The fourth-order valence-corrected chi connectivity index (χ4v) is 5.76. The minimum Gasteiger partial charge on any atom is -0.501 e. The number of carbonyl (C=O) groups is 1. The third-order valence-corrected chi connectivity index (χ3v) is 8.17. The molecule has 44 heavy (non-hydrogen) atoms. The van der Waals surface area contributed by atoms with E-state index in [1.54, 1.807) is 23.4 Å². The Morgan fingerprint density at radius 3 is 2.50 bits per heavy atom. The SMILES string of the molecule is CCCCO/C=C\c1c(C)c2cnc(Nc3ccc(N4CCN(C(=O)OC(C)(C)C)CC4)cn3)nc2n(C2CCCC2)c1=O. The Hall–Kier alpha value is -4.15. The number of nitrogens with one attached hydrogen (secondary N) is 1. The molecule has 0 spiro atoms. The van der Waals surface area contributed by atoms with Crippen molar-refractivity contribution in [2.75, 3.05) is 43.0 Å². The van der Waals surface area contributed by atoms with E-state index in [1.807, 2.05) is 50.6 Å². The van der Waals surface area contributed by atoms with Crippen LogP contribution in [0.4, 0.5) is 22.2 Å². The molecule has 5 rings (SSSR count). The molecular weight excluding hydrogens is 558 g/mol. The molecule has 236 valence electrons. The molecule has 0 bridgehead atoms. The summed E-state index contributed by atoms with van der Waals surface area (Å²) in [5, 5.41) is 4.08. The van der Waals surface area contributed by atoms with E-state index in [-0.39, 0.29) is 17.7 Å². The first kappa shape index (κ1) is 31.3. The average Bonchev–Trinajstić information content (AvgIpc) is 3.53. The van der Waals surface area contributed by atoms with Crippen molar-refractivity contribution >= 4 is 40.7 Å². The van der Waals surface area contributed by atoms with Crippen LogP contribution >= 0.6 is 0 Å². The van der Waals surface area contributed by atoms with Crippen LogP contribution in [0.2, 0.25) is 0 Å². The number of carbonyl (C=O) groups excluding carboxylic acids is 1. The highest BCUT2D eigenvalue weighted by molar-refractivity contribution is 5.83. The Kier molecular flexibility index (Phi) is 9.71. The fourth-order valence-electron chi connectivity index (χ4n) is 5.76. The predicted octanol–water partition coefficient (Wildman–Crippen LogP) is 6.20. The third-order valence-electron chi connectivity index (χ3n) is 8.17. The van der Waals surface area contributed by atoms with Crippen LogP contribution in [0.3, 0.4) is 0 Å². The Bertz CT molecular complexity index is 1530. The molecule has 1 saturated heterocycles. The quantitative estimate of drug-likeness (QED) is 0.226. The lowest BCUT2D eigenvalue weighted by molar-refractivity contribution is 0.0240. The number of hydrogen-bond donors (Lipinski definition) is 1. The Morgan fingerprint density at radius 1 is 1.09 bits per heavy atom. The van der Waals surface area contributed by atoms with Crippen LogP contribution in [0.5, 0.6) is 0 Å². The first-order chi connectivity index (χ1) is 21.1. The van der Waals surface area contributed by atoms with Crippen molar-refractivity contribution in [1.82, 2.24) is 24.4 Å². The largest absolute Gasteiger partial charge is 0.501 e. The number of anilines is 3. The number of pyridine rings is 2. The summed E-state index contributed by atoms with van der Waals surface area (Å²) in [5.41, 5.74) is 2.52. The molecule has 3 aromatic heterocycles. The van der Waals surface area contributed by atoms with Gasteiger partial charge in [-0.25, -0.2) is 14.8 Å². The molecule has 1 N–H and O–H groups in total. The van der Waals surface area contributed by atoms with Crippen LogP contribution in [0.25, 0.3) is 17.1 Å². The Morgan fingerprint density at radius 2 is 1.84 bits per heavy atom. The Balaban J connectivity index is 1.32. The summed E-state index contributed by atoms with van der Waals surface area (Å²) in [6.45, 7) is 12.9. The highest BCUT2D eigenvalue weighted by Crippen LogP contribution is 2.32. The van der Waals surface area contributed by atoms with Gasteiger partial charge in [0, 0.05) is 49.4 Å². The first-order valence-electron chi connectivity index (χ1n) is 15.8. The van der Waals surface area contributed by atoms with Crippen LogP contribution in [0.1, 0.15) is 83.4 Å². The zero-order valence-electron chi connectivity index (χ0n) is 26.6. The molecule has 2 aliphatic rings. The van der Waals surface area contributed by atoms with Crippen molar-refractivity contribution < 1.29 is 14.3 Å². The van der Waals surface area contributed by atoms with E-state index in [0.29, 0.717) is 55.8 Å². The number of nitrogens with zero attached hydrogens (tertiary/aromatic N) is 6. The number of fused-ring (bicyclic) bond motifs is 1. The molecule has 1 saturated carbocycles. The second-order valence-corrected chi connectivity index (χ2v) is 12.6. The lowest BCUT2D eigenvalue weighted by Gasteiger charge is -2.36. The van der Waals surface area contributed by atoms with Gasteiger partial charge in [-0.3, -0.25) is 9.36 Å². The van der Waals surface area contributed by atoms with Crippen molar-refractivity contribution in [1.29, 1.82) is 0 Å². The maximum absolute atomic E-state index is 13.8. The van der Waals surface area contributed by atoms with E-state index >= 15 is 0 Å². The zero-order valence-corrected chi connectivity index (χ0v) is 26.6. The number of aryl methyl sites for hydroxylation is 1. The topological polar surface area (TPSA) is 115 Å². The van der Waals surface area contributed by atoms with Gasteiger partial charge in [0.05, 0.1) is 24.8 Å². The van der Waals surface area contributed by atoms with Gasteiger partial charge in [-0.2, -0.15) is 4.98 Å². The van der Waals surface area contributed by atoms with Crippen molar-refractivity contribution in [3.8, 4) is 0 Å². The molecule has 3 aromatic rings. The normalized spacial score (nSPS) is 16.2. The van der Waals surface area contributed by atoms with Gasteiger partial charge in [0.1, 0.15) is 17.1 Å². The summed E-state index contributed by atoms with van der Waals surface area (Å²) in [6, 6.07) is 4.00. The van der Waals surface area contributed by atoms with Crippen LogP contribution in [-0.4, -0.2) is 68.9 Å². The molecule has 1 amide bonds. The summed E-state index contributed by atoms with van der Waals surface area (Å²) in [4.78, 5) is 44.2. The highest BCUT2D eigenvalue weighted by Gasteiger charge is 2.27. The number of ether oxygens (including phenoxy) is 2. The highest BCUT2D eigenvalue weighted by atomic mass is 16.6. The molecule has 11 nitrogen and oxygen atoms in total. The molecular formula is C33H45N7O4. The standard InChI is InChI=1S/C33H45N7O4/c1-6-7-19-43-20-14-26-23(2)27-22-35-31(37-29(27)40(30(26)41)24-10-8-9-11-24)36-28-13-12-25(21-34-28)38-15-17-39(18-16-38)32(42)44-33(3,4)5/h12-14,20-22,24H,6-11,15-19H2,1-5H3,(H,34,35,36,37)/b20-14-. The summed E-state index contributed by atoms with van der Waals surface area (Å²) in [7, 11) is 0. The summed E-state index contributed by atoms with van der Waals surface area (Å²) in [5.74, 6) is 0.997. The molecule has 0 unspecified atom stereocenters. The van der Waals surface area contributed by atoms with Gasteiger partial charge < -0.3 is 24.6 Å². The summed E-state index contributed by atoms with van der Waals surface area (Å²) in [6.07, 6.45) is 12.9. The van der Waals surface area contributed by atoms with Crippen LogP contribution in [-0.2, 0) is 9.47 Å². The van der Waals surface area contributed by atoms with Crippen LogP contribution in [0.15, 0.2) is 35.6 Å². The smallest absolute Gasteiger partial charge is 0.410 e. The number of amides is 1. The van der Waals surface area contributed by atoms with Gasteiger partial charge in [-0.05, 0) is 70.7 Å². The molecule has 4 heterocycles. The molecule has 2 fully saturated rings. The van der Waals surface area contributed by atoms with E-state index in [1.165, 1.54) is 0 Å². The minimum atomic E-state index is -0.508. The predicted molar refractivity (Wildman–Crippen MR) is 173 cm³/mol. The van der Waals surface area contributed by atoms with Gasteiger partial charge in [0.2, 0.25) is 5.95 Å². The zero-order chi connectivity index (χ0) is 31.3. The van der Waals surface area contributed by atoms with Crippen LogP contribution in [0, 0.1) is 6.92 Å². The van der Waals surface area contributed by atoms with Gasteiger partial charge >= 0.3 is 6.09 Å². The van der Waals surface area contributed by atoms with E-state index in [9.17, 15) is 9.59 Å². The first-order valence-corrected chi connectivity index (χ1v) is 15.8. The average molecular weight is 604 g/mol. The van der Waals surface area contributed by atoms with Crippen molar-refractivity contribution in [2.45, 2.75) is 84.8 Å². The maximum Gasteiger partial charge on any atom is 0.410 e. The molecule has 1 aliphatic heterocycles. The molecule has 0 radical (unpaired) electrons. The van der Waals surface area contributed by atoms with Crippen molar-refractivity contribution in [3.63, 3.8) is 0 Å². The van der Waals surface area contributed by atoms with Crippen LogP contribution < -0.4 is 15.8 Å². The van der Waals surface area contributed by atoms with Gasteiger partial charge in [0.15, 0.2) is 0 Å². The molecule has 0 atom stereocenters. The van der Waals surface area contributed by atoms with E-state index in [4.69, 9.17) is 14.5 Å². The monoisotopic (exact) mass is 603 g/mol. The maximum atomic E-state index is 13.8. The van der Waals surface area contributed by atoms with E-state index < -0.39 is 5.60 Å². The molecule has 1 aliphatic carbocycles. The lowest BCUT2D eigenvalue weighted by Crippen LogP contribution is -2.50. The number of aromatic nitrogens is 4. The van der Waals surface area contributed by atoms with Gasteiger partial charge in [-0.15, -0.1) is 0 Å². The fraction of sp³-hybridized carbons (Fsp3) is 0.545. The summed E-state index contributed by atoms with van der Waals surface area (Å²) < 4.78 is 13.0. The lowest BCUT2D eigenvalue weighted by atomic mass is 10.1. The molecule has 0 aromatic carbocycles. The third kappa shape index (κ3) is 7.31. The van der Waals surface area contributed by atoms with Crippen molar-refractivity contribution in [2.24, 2.45) is 0 Å². The number of hydrogen-bond acceptors (Lipinski definition) is 9. The number of unbranched alkanes of at least 4 members (excludes halogenated alkanes) is 1. The Labute approximate surface area is 259 Å². The minimum absolute atomic E-state index is 0.0452. The van der Waals surface area contributed by atoms with Gasteiger partial charge in [0.25, 0.3) is 5.56 Å². The number of rotatable bonds is 9. The van der Waals surface area contributed by atoms with Gasteiger partial charge in [-0.1, -0.05) is 26.2 Å². The van der Waals surface area contributed by atoms with E-state index in [2.05, 4.69) is 27.1 Å². The summed E-state index contributed by atoms with van der Waals surface area (Å²) >= 11 is 0. The van der Waals surface area contributed by atoms with E-state index in [0.717, 1.165) is 55.2 Å². The second-order valence-electron chi connectivity index (χ2n) is 12.6. The van der Waals surface area contributed by atoms with Crippen molar-refractivity contribution in [3.05, 3.63) is 52.3 Å². The molecule has 11 heteroatoms. The second kappa shape index (κ2) is 13.7.